The van der Waals surface area contributed by atoms with Gasteiger partial charge in [0, 0.05) is 43.4 Å². The van der Waals surface area contributed by atoms with Crippen molar-refractivity contribution in [2.45, 2.75) is 25.1 Å². The standard InChI is InChI=1S/C23H25N3O.ClH/c24-22-16-26(15-21(22)18-8-2-1-3-9-18)14-19-10-4-5-12-23(19)27-17-20-11-6-7-13-25-20;/h1-13,21-22H,14-17,24H2;1H/t21-,22+;/m0./s1. The lowest BCUT2D eigenvalue weighted by Crippen LogP contribution is -2.28. The van der Waals surface area contributed by atoms with Gasteiger partial charge in [-0.25, -0.2) is 0 Å². The third kappa shape index (κ3) is 4.90. The predicted molar refractivity (Wildman–Crippen MR) is 115 cm³/mol. The van der Waals surface area contributed by atoms with Crippen LogP contribution in [-0.4, -0.2) is 29.0 Å². The number of benzene rings is 2. The molecule has 28 heavy (non-hydrogen) atoms. The molecular formula is C23H26ClN3O. The van der Waals surface area contributed by atoms with Gasteiger partial charge >= 0.3 is 0 Å². The zero-order chi connectivity index (χ0) is 18.5. The highest BCUT2D eigenvalue weighted by Crippen LogP contribution is 2.29. The quantitative estimate of drug-likeness (QED) is 0.685. The van der Waals surface area contributed by atoms with Crippen molar-refractivity contribution in [2.24, 2.45) is 5.73 Å². The van der Waals surface area contributed by atoms with Gasteiger partial charge in [0.15, 0.2) is 0 Å². The average Bonchev–Trinajstić information content (AvgIpc) is 3.09. The lowest BCUT2D eigenvalue weighted by atomic mass is 9.95. The number of hydrogen-bond donors (Lipinski definition) is 1. The molecule has 2 atom stereocenters. The first-order valence-electron chi connectivity index (χ1n) is 9.43. The summed E-state index contributed by atoms with van der Waals surface area (Å²) in [5, 5.41) is 0. The van der Waals surface area contributed by atoms with Crippen LogP contribution in [0.3, 0.4) is 0 Å². The van der Waals surface area contributed by atoms with Crippen molar-refractivity contribution in [2.75, 3.05) is 13.1 Å². The van der Waals surface area contributed by atoms with Gasteiger partial charge in [-0.05, 0) is 23.8 Å². The van der Waals surface area contributed by atoms with Gasteiger partial charge in [0.2, 0.25) is 0 Å². The molecule has 0 aliphatic carbocycles. The van der Waals surface area contributed by atoms with E-state index in [1.807, 2.05) is 30.3 Å². The molecule has 0 radical (unpaired) electrons. The van der Waals surface area contributed by atoms with Crippen LogP contribution < -0.4 is 10.5 Å². The number of pyridine rings is 1. The zero-order valence-corrected chi connectivity index (χ0v) is 16.6. The molecule has 1 aliphatic heterocycles. The summed E-state index contributed by atoms with van der Waals surface area (Å²) < 4.78 is 6.05. The molecule has 1 saturated heterocycles. The van der Waals surface area contributed by atoms with Crippen molar-refractivity contribution in [3.8, 4) is 5.75 Å². The number of halogens is 1. The van der Waals surface area contributed by atoms with Crippen molar-refractivity contribution >= 4 is 12.4 Å². The number of rotatable bonds is 6. The molecule has 0 saturated carbocycles. The Hall–Kier alpha value is -2.40. The second-order valence-corrected chi connectivity index (χ2v) is 7.09. The highest BCUT2D eigenvalue weighted by atomic mass is 35.5. The van der Waals surface area contributed by atoms with E-state index in [0.29, 0.717) is 12.5 Å². The molecule has 1 aromatic heterocycles. The first-order valence-corrected chi connectivity index (χ1v) is 9.43. The van der Waals surface area contributed by atoms with E-state index < -0.39 is 0 Å². The second-order valence-electron chi connectivity index (χ2n) is 7.09. The molecule has 2 aromatic carbocycles. The molecule has 0 amide bonds. The minimum absolute atomic E-state index is 0. The summed E-state index contributed by atoms with van der Waals surface area (Å²) in [7, 11) is 0. The van der Waals surface area contributed by atoms with E-state index in [2.05, 4.69) is 52.3 Å². The van der Waals surface area contributed by atoms with Crippen LogP contribution in [0.15, 0.2) is 79.0 Å². The Morgan fingerprint density at radius 3 is 2.46 bits per heavy atom. The first-order chi connectivity index (χ1) is 13.3. The van der Waals surface area contributed by atoms with E-state index in [0.717, 1.165) is 31.1 Å². The number of aromatic nitrogens is 1. The minimum atomic E-state index is 0. The Kier molecular flexibility index (Phi) is 7.04. The monoisotopic (exact) mass is 395 g/mol. The van der Waals surface area contributed by atoms with E-state index in [-0.39, 0.29) is 18.4 Å². The van der Waals surface area contributed by atoms with Gasteiger partial charge in [-0.2, -0.15) is 0 Å². The Labute approximate surface area is 172 Å². The molecule has 0 spiro atoms. The van der Waals surface area contributed by atoms with Crippen molar-refractivity contribution in [1.29, 1.82) is 0 Å². The fourth-order valence-electron chi connectivity index (χ4n) is 3.75. The van der Waals surface area contributed by atoms with Gasteiger partial charge in [0.25, 0.3) is 0 Å². The van der Waals surface area contributed by atoms with Crippen LogP contribution in [0, 0.1) is 0 Å². The Balaban J connectivity index is 0.00000225. The molecule has 2 heterocycles. The largest absolute Gasteiger partial charge is 0.487 e. The van der Waals surface area contributed by atoms with E-state index in [1.54, 1.807) is 6.20 Å². The topological polar surface area (TPSA) is 51.4 Å². The molecule has 4 rings (SSSR count). The maximum absolute atomic E-state index is 6.45. The van der Waals surface area contributed by atoms with Crippen molar-refractivity contribution in [1.82, 2.24) is 9.88 Å². The van der Waals surface area contributed by atoms with Gasteiger partial charge < -0.3 is 10.5 Å². The number of hydrogen-bond acceptors (Lipinski definition) is 4. The van der Waals surface area contributed by atoms with Crippen LogP contribution in [-0.2, 0) is 13.2 Å². The van der Waals surface area contributed by atoms with Crippen molar-refractivity contribution in [3.05, 3.63) is 95.8 Å². The Morgan fingerprint density at radius 1 is 0.929 bits per heavy atom. The summed E-state index contributed by atoms with van der Waals surface area (Å²) in [6, 6.07) is 24.9. The molecule has 3 aromatic rings. The number of nitrogens with zero attached hydrogens (tertiary/aromatic N) is 2. The molecule has 1 fully saturated rings. The fourth-order valence-corrected chi connectivity index (χ4v) is 3.75. The molecule has 2 N–H and O–H groups in total. The molecule has 146 valence electrons. The molecule has 5 heteroatoms. The average molecular weight is 396 g/mol. The fraction of sp³-hybridized carbons (Fsp3) is 0.261. The summed E-state index contributed by atoms with van der Waals surface area (Å²) in [5.74, 6) is 1.30. The van der Waals surface area contributed by atoms with Crippen LogP contribution in [0.25, 0.3) is 0 Å². The molecular weight excluding hydrogens is 370 g/mol. The van der Waals surface area contributed by atoms with Crippen LogP contribution in [0.5, 0.6) is 5.75 Å². The SMILES string of the molecule is Cl.N[C@@H]1CN(Cc2ccccc2OCc2ccccn2)C[C@H]1c1ccccc1. The summed E-state index contributed by atoms with van der Waals surface area (Å²) in [6.45, 7) is 3.19. The van der Waals surface area contributed by atoms with Crippen LogP contribution >= 0.6 is 12.4 Å². The van der Waals surface area contributed by atoms with Crippen molar-refractivity contribution in [3.63, 3.8) is 0 Å². The molecule has 0 unspecified atom stereocenters. The summed E-state index contributed by atoms with van der Waals surface area (Å²) >= 11 is 0. The Bertz CT molecular complexity index is 860. The smallest absolute Gasteiger partial charge is 0.130 e. The van der Waals surface area contributed by atoms with Gasteiger partial charge in [0.05, 0.1) is 5.69 Å². The lowest BCUT2D eigenvalue weighted by Gasteiger charge is -2.18. The highest BCUT2D eigenvalue weighted by Gasteiger charge is 2.31. The van der Waals surface area contributed by atoms with Gasteiger partial charge in [-0.15, -0.1) is 12.4 Å². The molecule has 1 aliphatic rings. The number of likely N-dealkylation sites (tertiary alicyclic amines) is 1. The highest BCUT2D eigenvalue weighted by molar-refractivity contribution is 5.85. The number of ether oxygens (including phenoxy) is 1. The number of nitrogens with two attached hydrogens (primary N) is 1. The predicted octanol–water partition coefficient (Wildman–Crippen LogP) is 4.01. The summed E-state index contributed by atoms with van der Waals surface area (Å²) in [6.07, 6.45) is 1.79. The second kappa shape index (κ2) is 9.69. The minimum Gasteiger partial charge on any atom is -0.487 e. The van der Waals surface area contributed by atoms with Crippen LogP contribution in [0.4, 0.5) is 0 Å². The third-order valence-electron chi connectivity index (χ3n) is 5.14. The van der Waals surface area contributed by atoms with Gasteiger partial charge in [-0.1, -0.05) is 54.6 Å². The van der Waals surface area contributed by atoms with Crippen LogP contribution in [0.1, 0.15) is 22.7 Å². The first kappa shape index (κ1) is 20.3. The maximum Gasteiger partial charge on any atom is 0.130 e. The van der Waals surface area contributed by atoms with E-state index in [9.17, 15) is 0 Å². The molecule has 4 nitrogen and oxygen atoms in total. The zero-order valence-electron chi connectivity index (χ0n) is 15.8. The molecule has 0 bridgehead atoms. The van der Waals surface area contributed by atoms with E-state index in [4.69, 9.17) is 10.5 Å². The van der Waals surface area contributed by atoms with Crippen LogP contribution in [0.2, 0.25) is 0 Å². The summed E-state index contributed by atoms with van der Waals surface area (Å²) in [5.41, 5.74) is 9.89. The van der Waals surface area contributed by atoms with Crippen molar-refractivity contribution < 1.29 is 4.74 Å². The van der Waals surface area contributed by atoms with Gasteiger partial charge in [0.1, 0.15) is 12.4 Å². The van der Waals surface area contributed by atoms with Gasteiger partial charge in [-0.3, -0.25) is 9.88 Å². The normalized spacial score (nSPS) is 19.2. The summed E-state index contributed by atoms with van der Waals surface area (Å²) in [4.78, 5) is 6.75. The van der Waals surface area contributed by atoms with E-state index >= 15 is 0 Å². The maximum atomic E-state index is 6.45. The lowest BCUT2D eigenvalue weighted by molar-refractivity contribution is 0.281. The number of para-hydroxylation sites is 1. The van der Waals surface area contributed by atoms with E-state index in [1.165, 1.54) is 11.1 Å². The third-order valence-corrected chi connectivity index (χ3v) is 5.14. The Morgan fingerprint density at radius 2 is 1.68 bits per heavy atom.